The molecule has 0 aliphatic carbocycles. The van der Waals surface area contributed by atoms with E-state index in [1.165, 1.54) is 0 Å². The zero-order valence-corrected chi connectivity index (χ0v) is 13.7. The average Bonchev–Trinajstić information content (AvgIpc) is 2.63. The van der Waals surface area contributed by atoms with Gasteiger partial charge in [0.15, 0.2) is 0 Å². The molecule has 0 saturated carbocycles. The lowest BCUT2D eigenvalue weighted by Crippen LogP contribution is -2.31. The predicted octanol–water partition coefficient (Wildman–Crippen LogP) is 3.18. The smallest absolute Gasteiger partial charge is 0.139 e. The fraction of sp³-hybridized carbons (Fsp3) is 0.200. The van der Waals surface area contributed by atoms with Gasteiger partial charge in [-0.2, -0.15) is 0 Å². The summed E-state index contributed by atoms with van der Waals surface area (Å²) in [4.78, 5) is 10.6. The number of nitrogens with zero attached hydrogens (tertiary/aromatic N) is 3. The molecule has 2 aromatic carbocycles. The van der Waals surface area contributed by atoms with Gasteiger partial charge in [0.1, 0.15) is 12.1 Å². The third-order valence-corrected chi connectivity index (χ3v) is 3.94. The van der Waals surface area contributed by atoms with Crippen LogP contribution in [0.1, 0.15) is 5.56 Å². The van der Waals surface area contributed by atoms with E-state index in [1.807, 2.05) is 78.8 Å². The van der Waals surface area contributed by atoms with Crippen molar-refractivity contribution < 1.29 is 5.11 Å². The molecule has 0 radical (unpaired) electrons. The number of benzene rings is 2. The van der Waals surface area contributed by atoms with Gasteiger partial charge < -0.3 is 10.0 Å². The Bertz CT molecular complexity index is 762. The SMILES string of the molecule is CN(CC(O)Cc1ccccc1)c1ncncc1-c1ccccc1. The molecule has 1 heterocycles. The minimum absolute atomic E-state index is 0.462. The maximum absolute atomic E-state index is 10.4. The van der Waals surface area contributed by atoms with Gasteiger partial charge in [-0.15, -0.1) is 0 Å². The van der Waals surface area contributed by atoms with Crippen LogP contribution in [0.25, 0.3) is 11.1 Å². The van der Waals surface area contributed by atoms with Crippen molar-refractivity contribution in [2.45, 2.75) is 12.5 Å². The molecule has 0 spiro atoms. The van der Waals surface area contributed by atoms with Crippen molar-refractivity contribution in [1.82, 2.24) is 9.97 Å². The van der Waals surface area contributed by atoms with E-state index in [9.17, 15) is 5.11 Å². The summed E-state index contributed by atoms with van der Waals surface area (Å²) in [5.41, 5.74) is 3.16. The summed E-state index contributed by atoms with van der Waals surface area (Å²) in [6.45, 7) is 0.506. The van der Waals surface area contributed by atoms with Gasteiger partial charge >= 0.3 is 0 Å². The van der Waals surface area contributed by atoms with Gasteiger partial charge in [0.05, 0.1) is 6.10 Å². The molecule has 3 rings (SSSR count). The van der Waals surface area contributed by atoms with Crippen LogP contribution in [0.3, 0.4) is 0 Å². The van der Waals surface area contributed by atoms with Crippen LogP contribution in [0.4, 0.5) is 5.82 Å². The van der Waals surface area contributed by atoms with Crippen LogP contribution in [0.2, 0.25) is 0 Å². The quantitative estimate of drug-likeness (QED) is 0.758. The maximum atomic E-state index is 10.4. The number of anilines is 1. The fourth-order valence-corrected chi connectivity index (χ4v) is 2.80. The lowest BCUT2D eigenvalue weighted by molar-refractivity contribution is 0.181. The highest BCUT2D eigenvalue weighted by molar-refractivity contribution is 5.74. The molecular weight excluding hydrogens is 298 g/mol. The zero-order valence-electron chi connectivity index (χ0n) is 13.7. The van der Waals surface area contributed by atoms with Crippen molar-refractivity contribution in [3.8, 4) is 11.1 Å². The molecule has 4 nitrogen and oxygen atoms in total. The molecule has 0 aliphatic rings. The highest BCUT2D eigenvalue weighted by Crippen LogP contribution is 2.27. The molecule has 1 unspecified atom stereocenters. The lowest BCUT2D eigenvalue weighted by atomic mass is 10.1. The van der Waals surface area contributed by atoms with Crippen molar-refractivity contribution in [1.29, 1.82) is 0 Å². The highest BCUT2D eigenvalue weighted by Gasteiger charge is 2.15. The number of likely N-dealkylation sites (N-methyl/N-ethyl adjacent to an activating group) is 1. The second-order valence-corrected chi connectivity index (χ2v) is 5.85. The second-order valence-electron chi connectivity index (χ2n) is 5.85. The third-order valence-electron chi connectivity index (χ3n) is 3.94. The molecule has 0 fully saturated rings. The topological polar surface area (TPSA) is 49.2 Å². The second kappa shape index (κ2) is 7.70. The average molecular weight is 319 g/mol. The summed E-state index contributed by atoms with van der Waals surface area (Å²) in [5.74, 6) is 0.823. The molecule has 3 aromatic rings. The predicted molar refractivity (Wildman–Crippen MR) is 96.9 cm³/mol. The fourth-order valence-electron chi connectivity index (χ4n) is 2.80. The number of aromatic nitrogens is 2. The van der Waals surface area contributed by atoms with Gasteiger partial charge in [-0.25, -0.2) is 9.97 Å². The van der Waals surface area contributed by atoms with Gasteiger partial charge in [-0.05, 0) is 11.1 Å². The summed E-state index contributed by atoms with van der Waals surface area (Å²) in [6, 6.07) is 20.1. The van der Waals surface area contributed by atoms with Gasteiger partial charge in [0.2, 0.25) is 0 Å². The molecule has 122 valence electrons. The molecule has 0 amide bonds. The summed E-state index contributed by atoms with van der Waals surface area (Å²) < 4.78 is 0. The Morgan fingerprint density at radius 2 is 1.67 bits per heavy atom. The Morgan fingerprint density at radius 1 is 1.00 bits per heavy atom. The molecule has 0 aliphatic heterocycles. The van der Waals surface area contributed by atoms with E-state index in [2.05, 4.69) is 9.97 Å². The standard InChI is InChI=1S/C20H21N3O/c1-23(14-18(24)12-16-8-4-2-5-9-16)20-19(13-21-15-22-20)17-10-6-3-7-11-17/h2-11,13,15,18,24H,12,14H2,1H3. The molecule has 1 atom stereocenters. The van der Waals surface area contributed by atoms with Gasteiger partial charge in [0.25, 0.3) is 0 Å². The largest absolute Gasteiger partial charge is 0.391 e. The Balaban J connectivity index is 1.75. The number of aliphatic hydroxyl groups is 1. The molecular formula is C20H21N3O. The first-order chi connectivity index (χ1) is 11.7. The van der Waals surface area contributed by atoms with Crippen molar-refractivity contribution >= 4 is 5.82 Å². The highest BCUT2D eigenvalue weighted by atomic mass is 16.3. The van der Waals surface area contributed by atoms with E-state index in [0.717, 1.165) is 22.5 Å². The first kappa shape index (κ1) is 16.1. The van der Waals surface area contributed by atoms with Crippen molar-refractivity contribution in [2.24, 2.45) is 0 Å². The Kier molecular flexibility index (Phi) is 5.18. The molecule has 4 heteroatoms. The van der Waals surface area contributed by atoms with Gasteiger partial charge in [0, 0.05) is 31.8 Å². The first-order valence-electron chi connectivity index (χ1n) is 8.02. The van der Waals surface area contributed by atoms with Crippen LogP contribution in [0.5, 0.6) is 0 Å². The van der Waals surface area contributed by atoms with Crippen LogP contribution < -0.4 is 4.90 Å². The van der Waals surface area contributed by atoms with Crippen molar-refractivity contribution in [2.75, 3.05) is 18.5 Å². The molecule has 0 saturated heterocycles. The normalized spacial score (nSPS) is 11.9. The Labute approximate surface area is 142 Å². The molecule has 0 bridgehead atoms. The van der Waals surface area contributed by atoms with Gasteiger partial charge in [-0.3, -0.25) is 0 Å². The van der Waals surface area contributed by atoms with Crippen LogP contribution in [-0.4, -0.2) is 34.8 Å². The zero-order chi connectivity index (χ0) is 16.8. The monoisotopic (exact) mass is 319 g/mol. The van der Waals surface area contributed by atoms with E-state index >= 15 is 0 Å². The summed E-state index contributed by atoms with van der Waals surface area (Å²) >= 11 is 0. The molecule has 24 heavy (non-hydrogen) atoms. The van der Waals surface area contributed by atoms with Crippen LogP contribution in [0.15, 0.2) is 73.2 Å². The van der Waals surface area contributed by atoms with Crippen molar-refractivity contribution in [3.05, 3.63) is 78.8 Å². The Hall–Kier alpha value is -2.72. The number of hydrogen-bond acceptors (Lipinski definition) is 4. The Morgan fingerprint density at radius 3 is 2.38 bits per heavy atom. The van der Waals surface area contributed by atoms with Crippen LogP contribution in [-0.2, 0) is 6.42 Å². The van der Waals surface area contributed by atoms with Gasteiger partial charge in [-0.1, -0.05) is 60.7 Å². The number of rotatable bonds is 6. The van der Waals surface area contributed by atoms with E-state index in [0.29, 0.717) is 13.0 Å². The van der Waals surface area contributed by atoms with E-state index in [-0.39, 0.29) is 0 Å². The minimum Gasteiger partial charge on any atom is -0.391 e. The summed E-state index contributed by atoms with van der Waals surface area (Å²) in [6.07, 6.45) is 3.52. The van der Waals surface area contributed by atoms with E-state index in [1.54, 1.807) is 6.33 Å². The van der Waals surface area contributed by atoms with Crippen LogP contribution >= 0.6 is 0 Å². The molecule has 1 aromatic heterocycles. The summed E-state index contributed by atoms with van der Waals surface area (Å²) in [5, 5.41) is 10.4. The number of hydrogen-bond donors (Lipinski definition) is 1. The molecule has 1 N–H and O–H groups in total. The van der Waals surface area contributed by atoms with E-state index < -0.39 is 6.10 Å². The minimum atomic E-state index is -0.462. The van der Waals surface area contributed by atoms with Crippen LogP contribution in [0, 0.1) is 0 Å². The van der Waals surface area contributed by atoms with E-state index in [4.69, 9.17) is 0 Å². The third kappa shape index (κ3) is 3.97. The van der Waals surface area contributed by atoms with Crippen molar-refractivity contribution in [3.63, 3.8) is 0 Å². The number of aliphatic hydroxyl groups excluding tert-OH is 1. The maximum Gasteiger partial charge on any atom is 0.139 e. The lowest BCUT2D eigenvalue weighted by Gasteiger charge is -2.23. The first-order valence-corrected chi connectivity index (χ1v) is 8.02. The summed E-state index contributed by atoms with van der Waals surface area (Å²) in [7, 11) is 1.95.